The molecule has 2 aromatic heterocycles. The first-order valence-electron chi connectivity index (χ1n) is 10.6. The summed E-state index contributed by atoms with van der Waals surface area (Å²) in [5.74, 6) is 3.12. The quantitative estimate of drug-likeness (QED) is 0.392. The Balaban J connectivity index is 1.66. The predicted molar refractivity (Wildman–Crippen MR) is 119 cm³/mol. The number of hydrogen-bond donors (Lipinski definition) is 2. The van der Waals surface area contributed by atoms with Crippen molar-refractivity contribution >= 4 is 0 Å². The second-order valence-electron chi connectivity index (χ2n) is 7.75. The summed E-state index contributed by atoms with van der Waals surface area (Å²) in [6, 6.07) is 6.87. The zero-order chi connectivity index (χ0) is 23.8. The molecule has 0 fully saturated rings. The number of aromatic nitrogens is 2. The molecule has 180 valence electrons. The summed E-state index contributed by atoms with van der Waals surface area (Å²) in [6.07, 6.45) is 0.874. The summed E-state index contributed by atoms with van der Waals surface area (Å²) in [5, 5.41) is 17.7. The Hall–Kier alpha value is -3.08. The van der Waals surface area contributed by atoms with Crippen molar-refractivity contribution in [3.63, 3.8) is 0 Å². The number of aliphatic hydroxyl groups is 1. The molecule has 2 atom stereocenters. The van der Waals surface area contributed by atoms with Gasteiger partial charge in [0.05, 0.1) is 46.3 Å². The monoisotopic (exact) mass is 461 g/mol. The van der Waals surface area contributed by atoms with Gasteiger partial charge in [0.15, 0.2) is 11.5 Å². The summed E-state index contributed by atoms with van der Waals surface area (Å²) in [4.78, 5) is 4.56. The van der Waals surface area contributed by atoms with Gasteiger partial charge in [-0.2, -0.15) is 4.98 Å². The van der Waals surface area contributed by atoms with Gasteiger partial charge < -0.3 is 38.3 Å². The van der Waals surface area contributed by atoms with Crippen LogP contribution < -0.4 is 19.5 Å². The molecule has 33 heavy (non-hydrogen) atoms. The molecule has 0 spiro atoms. The van der Waals surface area contributed by atoms with Crippen molar-refractivity contribution < 1.29 is 33.0 Å². The third-order valence-corrected chi connectivity index (χ3v) is 5.01. The van der Waals surface area contributed by atoms with Crippen LogP contribution in [0.25, 0.3) is 11.4 Å². The highest BCUT2D eigenvalue weighted by Gasteiger charge is 2.24. The Labute approximate surface area is 192 Å². The van der Waals surface area contributed by atoms with Crippen LogP contribution in [0.4, 0.5) is 0 Å². The van der Waals surface area contributed by atoms with Gasteiger partial charge in [0.2, 0.25) is 17.5 Å². The molecule has 0 saturated heterocycles. The van der Waals surface area contributed by atoms with Gasteiger partial charge in [-0.25, -0.2) is 0 Å². The van der Waals surface area contributed by atoms with Crippen molar-refractivity contribution in [2.24, 2.45) is 5.92 Å². The molecule has 3 rings (SSSR count). The Kier molecular flexibility index (Phi) is 8.70. The lowest BCUT2D eigenvalue weighted by molar-refractivity contribution is 0.0202. The predicted octanol–water partition coefficient (Wildman–Crippen LogP) is 3.22. The average molecular weight is 462 g/mol. The van der Waals surface area contributed by atoms with Crippen LogP contribution in [0.3, 0.4) is 0 Å². The third-order valence-electron chi connectivity index (χ3n) is 5.01. The van der Waals surface area contributed by atoms with Crippen LogP contribution in [0.2, 0.25) is 0 Å². The molecule has 2 N–H and O–H groups in total. The number of aliphatic hydroxyl groups excluding tert-OH is 1. The lowest BCUT2D eigenvalue weighted by Gasteiger charge is -2.20. The summed E-state index contributed by atoms with van der Waals surface area (Å²) in [7, 11) is 4.64. The van der Waals surface area contributed by atoms with E-state index < -0.39 is 6.10 Å². The van der Waals surface area contributed by atoms with Crippen LogP contribution in [0.5, 0.6) is 17.2 Å². The van der Waals surface area contributed by atoms with Crippen molar-refractivity contribution in [1.82, 2.24) is 15.5 Å². The van der Waals surface area contributed by atoms with Gasteiger partial charge in [-0.1, -0.05) is 19.0 Å². The van der Waals surface area contributed by atoms with E-state index in [0.717, 1.165) is 0 Å². The minimum atomic E-state index is -0.710. The molecule has 0 unspecified atom stereocenters. The van der Waals surface area contributed by atoms with Crippen LogP contribution in [0.1, 0.15) is 31.5 Å². The summed E-state index contributed by atoms with van der Waals surface area (Å²) in [5.41, 5.74) is 0.661. The lowest BCUT2D eigenvalue weighted by Crippen LogP contribution is -2.35. The standard InChI is InChI=1S/C23H31N3O7/c1-14(2)20(24-11-16(27)12-31-13-17-7-6-8-32-17)23-25-22(26-33-23)15-9-18(28-3)21(30-5)19(10-15)29-4/h6-10,14,16,20,24,27H,11-13H2,1-5H3/t16-,20+/m1/s1. The first-order chi connectivity index (χ1) is 16.0. The summed E-state index contributed by atoms with van der Waals surface area (Å²) in [6.45, 7) is 4.82. The Morgan fingerprint density at radius 3 is 2.39 bits per heavy atom. The second-order valence-corrected chi connectivity index (χ2v) is 7.75. The van der Waals surface area contributed by atoms with Gasteiger partial charge in [0.25, 0.3) is 0 Å². The van der Waals surface area contributed by atoms with Crippen molar-refractivity contribution in [3.05, 3.63) is 42.2 Å². The number of benzene rings is 1. The Morgan fingerprint density at radius 1 is 1.09 bits per heavy atom. The second kappa shape index (κ2) is 11.7. The van der Waals surface area contributed by atoms with Gasteiger partial charge in [0.1, 0.15) is 12.4 Å². The van der Waals surface area contributed by atoms with E-state index in [1.165, 1.54) is 0 Å². The minimum absolute atomic E-state index is 0.134. The fourth-order valence-corrected chi connectivity index (χ4v) is 3.31. The zero-order valence-corrected chi connectivity index (χ0v) is 19.5. The van der Waals surface area contributed by atoms with Crippen molar-refractivity contribution in [3.8, 4) is 28.6 Å². The normalized spacial score (nSPS) is 13.2. The fourth-order valence-electron chi connectivity index (χ4n) is 3.31. The Morgan fingerprint density at radius 2 is 1.82 bits per heavy atom. The SMILES string of the molecule is COc1cc(-c2noc([C@@H](NC[C@@H](O)COCc3ccco3)C(C)C)n2)cc(OC)c1OC. The molecule has 3 aromatic rings. The number of rotatable bonds is 13. The van der Waals surface area contributed by atoms with Gasteiger partial charge in [-0.3, -0.25) is 0 Å². The minimum Gasteiger partial charge on any atom is -0.493 e. The zero-order valence-electron chi connectivity index (χ0n) is 19.5. The van der Waals surface area contributed by atoms with Crippen LogP contribution in [0.15, 0.2) is 39.5 Å². The third kappa shape index (κ3) is 6.25. The van der Waals surface area contributed by atoms with Crippen LogP contribution in [-0.4, -0.2) is 55.8 Å². The van der Waals surface area contributed by atoms with E-state index in [-0.39, 0.29) is 18.6 Å². The summed E-state index contributed by atoms with van der Waals surface area (Å²) >= 11 is 0. The van der Waals surface area contributed by atoms with E-state index in [0.29, 0.717) is 53.4 Å². The maximum absolute atomic E-state index is 10.3. The molecular weight excluding hydrogens is 430 g/mol. The van der Waals surface area contributed by atoms with Gasteiger partial charge in [0, 0.05) is 12.1 Å². The lowest BCUT2D eigenvalue weighted by atomic mass is 10.0. The number of furan rings is 1. The van der Waals surface area contributed by atoms with Crippen LogP contribution in [-0.2, 0) is 11.3 Å². The average Bonchev–Trinajstić information content (AvgIpc) is 3.50. The van der Waals surface area contributed by atoms with Gasteiger partial charge in [-0.05, 0) is 30.2 Å². The highest BCUT2D eigenvalue weighted by atomic mass is 16.5. The number of methoxy groups -OCH3 is 3. The van der Waals surface area contributed by atoms with E-state index in [9.17, 15) is 5.11 Å². The molecule has 0 saturated carbocycles. The number of nitrogens with one attached hydrogen (secondary N) is 1. The maximum Gasteiger partial charge on any atom is 0.244 e. The van der Waals surface area contributed by atoms with E-state index in [1.807, 2.05) is 19.9 Å². The summed E-state index contributed by atoms with van der Waals surface area (Å²) < 4.78 is 32.4. The molecule has 0 bridgehead atoms. The Bertz CT molecular complexity index is 963. The maximum atomic E-state index is 10.3. The molecule has 10 heteroatoms. The molecule has 10 nitrogen and oxygen atoms in total. The highest BCUT2D eigenvalue weighted by molar-refractivity contribution is 5.66. The first kappa shape index (κ1) is 24.6. The van der Waals surface area contributed by atoms with E-state index in [2.05, 4.69) is 15.5 Å². The van der Waals surface area contributed by atoms with Gasteiger partial charge in [-0.15, -0.1) is 0 Å². The molecule has 0 aliphatic heterocycles. The molecule has 1 aromatic carbocycles. The smallest absolute Gasteiger partial charge is 0.244 e. The number of ether oxygens (including phenoxy) is 4. The topological polar surface area (TPSA) is 121 Å². The van der Waals surface area contributed by atoms with E-state index in [4.69, 9.17) is 27.9 Å². The molecule has 2 heterocycles. The fraction of sp³-hybridized carbons (Fsp3) is 0.478. The highest BCUT2D eigenvalue weighted by Crippen LogP contribution is 2.40. The number of nitrogens with zero attached hydrogens (tertiary/aromatic N) is 2. The molecule has 0 radical (unpaired) electrons. The van der Waals surface area contributed by atoms with Crippen LogP contribution >= 0.6 is 0 Å². The van der Waals surface area contributed by atoms with Crippen molar-refractivity contribution in [2.45, 2.75) is 32.6 Å². The largest absolute Gasteiger partial charge is 0.493 e. The molecule has 0 aliphatic carbocycles. The van der Waals surface area contributed by atoms with Crippen molar-refractivity contribution in [1.29, 1.82) is 0 Å². The molecular formula is C23H31N3O7. The van der Waals surface area contributed by atoms with E-state index in [1.54, 1.807) is 45.8 Å². The van der Waals surface area contributed by atoms with Crippen LogP contribution in [0, 0.1) is 5.92 Å². The van der Waals surface area contributed by atoms with E-state index >= 15 is 0 Å². The number of hydrogen-bond acceptors (Lipinski definition) is 10. The molecule has 0 aliphatic rings. The molecule has 0 amide bonds. The van der Waals surface area contributed by atoms with Crippen molar-refractivity contribution in [2.75, 3.05) is 34.5 Å². The first-order valence-corrected chi connectivity index (χ1v) is 10.6. The van der Waals surface area contributed by atoms with Gasteiger partial charge >= 0.3 is 0 Å².